The fourth-order valence-corrected chi connectivity index (χ4v) is 6.72. The Morgan fingerprint density at radius 3 is 1.97 bits per heavy atom. The average Bonchev–Trinajstić information content (AvgIpc) is 3.24. The molecule has 1 unspecified atom stereocenters. The first-order valence-electron chi connectivity index (χ1n) is 12.9. The quantitative estimate of drug-likeness (QED) is 0.243. The zero-order valence-corrected chi connectivity index (χ0v) is 20.5. The van der Waals surface area contributed by atoms with Crippen molar-refractivity contribution in [3.05, 3.63) is 144 Å². The first-order valence-corrected chi connectivity index (χ1v) is 12.9. The van der Waals surface area contributed by atoms with Crippen molar-refractivity contribution >= 4 is 10.8 Å². The Labute approximate surface area is 216 Å². The highest BCUT2D eigenvalue weighted by atomic mass is 16.5. The Balaban J connectivity index is 1.46. The van der Waals surface area contributed by atoms with E-state index in [1.54, 1.807) is 0 Å². The van der Waals surface area contributed by atoms with Crippen LogP contribution in [-0.4, -0.2) is 0 Å². The molecule has 1 atom stereocenters. The lowest BCUT2D eigenvalue weighted by Gasteiger charge is -2.31. The molecule has 1 heteroatoms. The number of benzene rings is 6. The van der Waals surface area contributed by atoms with Gasteiger partial charge in [-0.1, -0.05) is 115 Å². The fourth-order valence-electron chi connectivity index (χ4n) is 6.72. The molecule has 0 saturated heterocycles. The highest BCUT2D eigenvalue weighted by molar-refractivity contribution is 6.10. The van der Waals surface area contributed by atoms with E-state index in [9.17, 15) is 0 Å². The van der Waals surface area contributed by atoms with E-state index in [0.29, 0.717) is 0 Å². The minimum atomic E-state index is -0.257. The Morgan fingerprint density at radius 2 is 1.11 bits per heavy atom. The summed E-state index contributed by atoms with van der Waals surface area (Å²) >= 11 is 0. The van der Waals surface area contributed by atoms with Gasteiger partial charge in [0.25, 0.3) is 0 Å². The van der Waals surface area contributed by atoms with Gasteiger partial charge in [-0.3, -0.25) is 0 Å². The van der Waals surface area contributed by atoms with E-state index in [2.05, 4.69) is 128 Å². The summed E-state index contributed by atoms with van der Waals surface area (Å²) in [4.78, 5) is 0. The smallest absolute Gasteiger partial charge is 0.135 e. The predicted molar refractivity (Wildman–Crippen MR) is 152 cm³/mol. The maximum atomic E-state index is 6.39. The van der Waals surface area contributed by atoms with Crippen LogP contribution in [0.4, 0.5) is 0 Å². The summed E-state index contributed by atoms with van der Waals surface area (Å²) in [6.45, 7) is 2.39. The lowest BCUT2D eigenvalue weighted by Crippen LogP contribution is -2.23. The van der Waals surface area contributed by atoms with E-state index in [-0.39, 0.29) is 5.41 Å². The number of para-hydroxylation sites is 1. The van der Waals surface area contributed by atoms with Gasteiger partial charge >= 0.3 is 0 Å². The normalized spacial score (nSPS) is 16.6. The van der Waals surface area contributed by atoms with Crippen molar-refractivity contribution < 1.29 is 4.74 Å². The van der Waals surface area contributed by atoms with Crippen LogP contribution in [0.5, 0.6) is 11.5 Å². The summed E-state index contributed by atoms with van der Waals surface area (Å²) in [5.74, 6) is 1.85. The molecule has 6 aromatic carbocycles. The number of ether oxygens (including phenoxy) is 1. The molecule has 0 aromatic heterocycles. The summed E-state index contributed by atoms with van der Waals surface area (Å²) in [7, 11) is 0. The Kier molecular flexibility index (Phi) is 4.14. The van der Waals surface area contributed by atoms with E-state index in [0.717, 1.165) is 17.1 Å². The van der Waals surface area contributed by atoms with Crippen molar-refractivity contribution in [2.24, 2.45) is 0 Å². The summed E-state index contributed by atoms with van der Waals surface area (Å²) in [6.07, 6.45) is 0. The van der Waals surface area contributed by atoms with Crippen molar-refractivity contribution in [1.82, 2.24) is 0 Å². The van der Waals surface area contributed by atoms with Crippen molar-refractivity contribution in [3.63, 3.8) is 0 Å². The predicted octanol–water partition coefficient (Wildman–Crippen LogP) is 9.61. The zero-order chi connectivity index (χ0) is 24.6. The number of hydrogen-bond donors (Lipinski definition) is 0. The minimum absolute atomic E-state index is 0.257. The highest BCUT2D eigenvalue weighted by Crippen LogP contribution is 2.56. The van der Waals surface area contributed by atoms with E-state index in [4.69, 9.17) is 4.74 Å². The van der Waals surface area contributed by atoms with Crippen LogP contribution in [0.15, 0.2) is 127 Å². The van der Waals surface area contributed by atoms with Crippen LogP contribution in [0, 0.1) is 0 Å². The minimum Gasteiger partial charge on any atom is -0.456 e. The van der Waals surface area contributed by atoms with Gasteiger partial charge in [0.2, 0.25) is 0 Å². The largest absolute Gasteiger partial charge is 0.456 e. The highest BCUT2D eigenvalue weighted by Gasteiger charge is 2.42. The third-order valence-corrected chi connectivity index (χ3v) is 8.36. The molecule has 0 fully saturated rings. The van der Waals surface area contributed by atoms with E-state index >= 15 is 0 Å². The molecule has 1 heterocycles. The molecule has 1 aliphatic carbocycles. The first-order chi connectivity index (χ1) is 18.2. The molecule has 0 bridgehead atoms. The molecule has 0 saturated carbocycles. The van der Waals surface area contributed by atoms with Crippen LogP contribution in [0.3, 0.4) is 0 Å². The van der Waals surface area contributed by atoms with Crippen LogP contribution in [0.2, 0.25) is 0 Å². The monoisotopic (exact) mass is 472 g/mol. The van der Waals surface area contributed by atoms with Gasteiger partial charge in [0, 0.05) is 16.4 Å². The molecule has 2 aliphatic rings. The lowest BCUT2D eigenvalue weighted by atomic mass is 9.71. The van der Waals surface area contributed by atoms with Gasteiger partial charge in [0.1, 0.15) is 11.5 Å². The van der Waals surface area contributed by atoms with E-state index in [1.165, 1.54) is 55.3 Å². The van der Waals surface area contributed by atoms with Gasteiger partial charge < -0.3 is 4.74 Å². The standard InChI is InChI=1S/C36H24O/c1-36(23-11-3-2-4-12-23)31-19-7-5-13-25(31)30-18-10-17-29(35(30)36)24-21-22-33-34-27(24)15-9-16-28(34)26-14-6-8-20-32(26)37-33/h2-22H,1H3. The van der Waals surface area contributed by atoms with Gasteiger partial charge in [-0.25, -0.2) is 0 Å². The van der Waals surface area contributed by atoms with Gasteiger partial charge in [-0.2, -0.15) is 0 Å². The Hall–Kier alpha value is -4.62. The fraction of sp³-hybridized carbons (Fsp3) is 0.0556. The molecule has 37 heavy (non-hydrogen) atoms. The van der Waals surface area contributed by atoms with Gasteiger partial charge in [-0.15, -0.1) is 0 Å². The van der Waals surface area contributed by atoms with Crippen LogP contribution in [0.1, 0.15) is 23.6 Å². The molecule has 174 valence electrons. The third-order valence-electron chi connectivity index (χ3n) is 8.36. The van der Waals surface area contributed by atoms with Crippen molar-refractivity contribution in [3.8, 4) is 44.9 Å². The summed E-state index contributed by atoms with van der Waals surface area (Å²) in [5.41, 5.74) is 11.4. The van der Waals surface area contributed by atoms with E-state index in [1.807, 2.05) is 6.07 Å². The second kappa shape index (κ2) is 7.44. The topological polar surface area (TPSA) is 9.23 Å². The first kappa shape index (κ1) is 20.6. The summed E-state index contributed by atoms with van der Waals surface area (Å²) < 4.78 is 6.39. The molecule has 0 radical (unpaired) electrons. The lowest BCUT2D eigenvalue weighted by molar-refractivity contribution is 0.487. The molecule has 8 rings (SSSR count). The summed E-state index contributed by atoms with van der Waals surface area (Å²) in [6, 6.07) is 46.0. The summed E-state index contributed by atoms with van der Waals surface area (Å²) in [5, 5.41) is 2.41. The second-order valence-electron chi connectivity index (χ2n) is 10.2. The van der Waals surface area contributed by atoms with Crippen molar-refractivity contribution in [2.75, 3.05) is 0 Å². The number of fused-ring (bicyclic) bond motifs is 5. The molecule has 0 spiro atoms. The molecule has 0 N–H and O–H groups in total. The van der Waals surface area contributed by atoms with Crippen LogP contribution in [-0.2, 0) is 5.41 Å². The molecule has 1 aliphatic heterocycles. The third kappa shape index (κ3) is 2.69. The Bertz CT molecular complexity index is 1860. The maximum absolute atomic E-state index is 6.39. The van der Waals surface area contributed by atoms with Crippen molar-refractivity contribution in [2.45, 2.75) is 12.3 Å². The van der Waals surface area contributed by atoms with Crippen molar-refractivity contribution in [1.29, 1.82) is 0 Å². The van der Waals surface area contributed by atoms with Gasteiger partial charge in [-0.05, 0) is 69.0 Å². The zero-order valence-electron chi connectivity index (χ0n) is 20.5. The van der Waals surface area contributed by atoms with E-state index < -0.39 is 0 Å². The van der Waals surface area contributed by atoms with Gasteiger partial charge in [0.15, 0.2) is 0 Å². The van der Waals surface area contributed by atoms with Crippen LogP contribution < -0.4 is 4.74 Å². The Morgan fingerprint density at radius 1 is 0.459 bits per heavy atom. The second-order valence-corrected chi connectivity index (χ2v) is 10.2. The SMILES string of the molecule is CC1(c2ccccc2)c2ccccc2-c2cccc(-c3ccc4c5c(cccc35)-c3ccccc3O4)c21. The number of hydrogen-bond acceptors (Lipinski definition) is 1. The molecule has 6 aromatic rings. The molecular weight excluding hydrogens is 448 g/mol. The number of rotatable bonds is 2. The van der Waals surface area contributed by atoms with Crippen LogP contribution in [0.25, 0.3) is 44.2 Å². The molecular formula is C36H24O. The van der Waals surface area contributed by atoms with Crippen LogP contribution >= 0.6 is 0 Å². The maximum Gasteiger partial charge on any atom is 0.135 e. The molecule has 1 nitrogen and oxygen atoms in total. The van der Waals surface area contributed by atoms with Gasteiger partial charge in [0.05, 0.1) is 0 Å². The molecule has 0 amide bonds. The average molecular weight is 473 g/mol.